The highest BCUT2D eigenvalue weighted by atomic mass is 16.5. The maximum Gasteiger partial charge on any atom is 0.359 e. The monoisotopic (exact) mass is 317 g/mol. The van der Waals surface area contributed by atoms with Gasteiger partial charge in [0.05, 0.1) is 5.52 Å². The van der Waals surface area contributed by atoms with E-state index >= 15 is 0 Å². The van der Waals surface area contributed by atoms with Crippen LogP contribution in [0.1, 0.15) is 44.1 Å². The molecule has 0 saturated carbocycles. The van der Waals surface area contributed by atoms with Crippen LogP contribution in [-0.2, 0) is 9.53 Å². The molecule has 0 fully saturated rings. The molecule has 0 aliphatic rings. The van der Waals surface area contributed by atoms with E-state index in [1.165, 1.54) is 0 Å². The van der Waals surface area contributed by atoms with Crippen LogP contribution in [0.3, 0.4) is 0 Å². The van der Waals surface area contributed by atoms with Crippen LogP contribution < -0.4 is 5.32 Å². The summed E-state index contributed by atoms with van der Waals surface area (Å²) in [5.74, 6) is -0.304. The van der Waals surface area contributed by atoms with Gasteiger partial charge in [-0.05, 0) is 31.7 Å². The summed E-state index contributed by atoms with van der Waals surface area (Å²) in [5, 5.41) is 10.2. The normalized spacial score (nSPS) is 12.3. The van der Waals surface area contributed by atoms with E-state index in [9.17, 15) is 9.59 Å². The van der Waals surface area contributed by atoms with Gasteiger partial charge in [-0.25, -0.2) is 4.79 Å². The highest BCUT2D eigenvalue weighted by Gasteiger charge is 2.17. The number of esters is 1. The summed E-state index contributed by atoms with van der Waals surface area (Å²) in [6.45, 7) is 5.93. The van der Waals surface area contributed by atoms with Gasteiger partial charge < -0.3 is 10.1 Å². The van der Waals surface area contributed by atoms with Gasteiger partial charge in [0, 0.05) is 11.4 Å². The second kappa shape index (κ2) is 7.76. The first-order valence-electron chi connectivity index (χ1n) is 7.87. The molecule has 2 rings (SSSR count). The fraction of sp³-hybridized carbons (Fsp3) is 0.471. The van der Waals surface area contributed by atoms with Gasteiger partial charge in [0.1, 0.15) is 0 Å². The Hall–Kier alpha value is -2.37. The molecular formula is C17H23N3O3. The number of nitrogens with one attached hydrogen (secondary N) is 2. The third-order valence-corrected chi connectivity index (χ3v) is 3.58. The van der Waals surface area contributed by atoms with E-state index in [-0.39, 0.29) is 24.2 Å². The van der Waals surface area contributed by atoms with Crippen molar-refractivity contribution in [3.05, 3.63) is 30.0 Å². The first-order valence-corrected chi connectivity index (χ1v) is 7.87. The second-order valence-electron chi connectivity index (χ2n) is 6.13. The largest absolute Gasteiger partial charge is 0.451 e. The van der Waals surface area contributed by atoms with Crippen molar-refractivity contribution in [3.8, 4) is 0 Å². The summed E-state index contributed by atoms with van der Waals surface area (Å²) in [6, 6.07) is 7.33. The quantitative estimate of drug-likeness (QED) is 0.769. The molecule has 2 aromatic rings. The molecule has 0 aliphatic heterocycles. The number of nitrogens with zero attached hydrogens (tertiary/aromatic N) is 1. The van der Waals surface area contributed by atoms with Crippen molar-refractivity contribution in [2.75, 3.05) is 6.61 Å². The summed E-state index contributed by atoms with van der Waals surface area (Å²) < 4.78 is 5.05. The molecule has 0 aliphatic carbocycles. The number of aromatic nitrogens is 2. The Morgan fingerprint density at radius 3 is 2.70 bits per heavy atom. The topological polar surface area (TPSA) is 84.1 Å². The SMILES string of the molecule is CC(C)CC[C@@H](C)NC(=O)COC(=O)c1n[nH]c2ccccc12. The highest BCUT2D eigenvalue weighted by molar-refractivity contribution is 6.02. The maximum atomic E-state index is 12.0. The average Bonchev–Trinajstić information content (AvgIpc) is 2.94. The van der Waals surface area contributed by atoms with Crippen LogP contribution in [0.25, 0.3) is 10.9 Å². The molecule has 1 amide bonds. The van der Waals surface area contributed by atoms with E-state index in [4.69, 9.17) is 4.74 Å². The molecule has 0 radical (unpaired) electrons. The molecule has 1 aromatic carbocycles. The van der Waals surface area contributed by atoms with Crippen molar-refractivity contribution >= 4 is 22.8 Å². The number of hydrogen-bond acceptors (Lipinski definition) is 4. The molecule has 124 valence electrons. The molecule has 0 bridgehead atoms. The summed E-state index contributed by atoms with van der Waals surface area (Å²) in [6.07, 6.45) is 1.95. The molecule has 23 heavy (non-hydrogen) atoms. The van der Waals surface area contributed by atoms with Crippen molar-refractivity contribution in [3.63, 3.8) is 0 Å². The third-order valence-electron chi connectivity index (χ3n) is 3.58. The Morgan fingerprint density at radius 2 is 1.96 bits per heavy atom. The van der Waals surface area contributed by atoms with Gasteiger partial charge in [-0.1, -0.05) is 32.0 Å². The first kappa shape index (κ1) is 17.0. The van der Waals surface area contributed by atoms with Gasteiger partial charge in [-0.15, -0.1) is 0 Å². The van der Waals surface area contributed by atoms with E-state index in [0.717, 1.165) is 18.4 Å². The summed E-state index contributed by atoms with van der Waals surface area (Å²) >= 11 is 0. The summed E-state index contributed by atoms with van der Waals surface area (Å²) in [4.78, 5) is 23.9. The van der Waals surface area contributed by atoms with Crippen molar-refractivity contribution in [2.24, 2.45) is 5.92 Å². The number of rotatable bonds is 7. The number of amides is 1. The minimum Gasteiger partial charge on any atom is -0.451 e. The lowest BCUT2D eigenvalue weighted by atomic mass is 10.0. The van der Waals surface area contributed by atoms with Crippen molar-refractivity contribution < 1.29 is 14.3 Å². The van der Waals surface area contributed by atoms with Crippen LogP contribution in [0.4, 0.5) is 0 Å². The lowest BCUT2D eigenvalue weighted by molar-refractivity contribution is -0.124. The Morgan fingerprint density at radius 1 is 1.22 bits per heavy atom. The molecule has 1 atom stereocenters. The first-order chi connectivity index (χ1) is 11.0. The number of hydrogen-bond donors (Lipinski definition) is 2. The number of H-pyrrole nitrogens is 1. The van der Waals surface area contributed by atoms with Gasteiger partial charge in [-0.2, -0.15) is 5.10 Å². The average molecular weight is 317 g/mol. The van der Waals surface area contributed by atoms with E-state index in [1.807, 2.05) is 25.1 Å². The molecule has 0 spiro atoms. The second-order valence-corrected chi connectivity index (χ2v) is 6.13. The predicted molar refractivity (Wildman–Crippen MR) is 88.1 cm³/mol. The van der Waals surface area contributed by atoms with Gasteiger partial charge in [0.2, 0.25) is 0 Å². The molecule has 1 heterocycles. The lowest BCUT2D eigenvalue weighted by Crippen LogP contribution is -2.36. The fourth-order valence-electron chi connectivity index (χ4n) is 2.29. The van der Waals surface area contributed by atoms with Crippen molar-refractivity contribution in [1.82, 2.24) is 15.5 Å². The minimum atomic E-state index is -0.604. The number of ether oxygens (including phenoxy) is 1. The molecule has 2 N–H and O–H groups in total. The van der Waals surface area contributed by atoms with Crippen LogP contribution in [0.15, 0.2) is 24.3 Å². The number of aromatic amines is 1. The number of carbonyl (C=O) groups is 2. The highest BCUT2D eigenvalue weighted by Crippen LogP contribution is 2.15. The zero-order valence-electron chi connectivity index (χ0n) is 13.8. The molecular weight excluding hydrogens is 294 g/mol. The molecule has 0 saturated heterocycles. The Labute approximate surface area is 135 Å². The van der Waals surface area contributed by atoms with Crippen LogP contribution in [0.2, 0.25) is 0 Å². The van der Waals surface area contributed by atoms with Crippen LogP contribution in [0.5, 0.6) is 0 Å². The predicted octanol–water partition coefficient (Wildman–Crippen LogP) is 2.66. The summed E-state index contributed by atoms with van der Waals surface area (Å²) in [5.41, 5.74) is 0.951. The standard InChI is InChI=1S/C17H23N3O3/c1-11(2)8-9-12(3)18-15(21)10-23-17(22)16-13-6-4-5-7-14(13)19-20-16/h4-7,11-12H,8-10H2,1-3H3,(H,18,21)(H,19,20)/t12-/m1/s1. The van der Waals surface area contributed by atoms with Crippen LogP contribution >= 0.6 is 0 Å². The number of fused-ring (bicyclic) bond motifs is 1. The van der Waals surface area contributed by atoms with E-state index in [0.29, 0.717) is 11.3 Å². The third kappa shape index (κ3) is 4.81. The van der Waals surface area contributed by atoms with Crippen molar-refractivity contribution in [1.29, 1.82) is 0 Å². The van der Waals surface area contributed by atoms with Gasteiger partial charge in [0.25, 0.3) is 5.91 Å². The van der Waals surface area contributed by atoms with E-state index in [2.05, 4.69) is 29.4 Å². The van der Waals surface area contributed by atoms with Gasteiger partial charge >= 0.3 is 5.97 Å². The number of benzene rings is 1. The minimum absolute atomic E-state index is 0.0646. The zero-order chi connectivity index (χ0) is 16.8. The maximum absolute atomic E-state index is 12.0. The van der Waals surface area contributed by atoms with E-state index < -0.39 is 5.97 Å². The number of carbonyl (C=O) groups excluding carboxylic acids is 2. The van der Waals surface area contributed by atoms with Crippen molar-refractivity contribution in [2.45, 2.75) is 39.7 Å². The van der Waals surface area contributed by atoms with Crippen LogP contribution in [0, 0.1) is 5.92 Å². The zero-order valence-corrected chi connectivity index (χ0v) is 13.8. The molecule has 1 aromatic heterocycles. The fourth-order valence-corrected chi connectivity index (χ4v) is 2.29. The van der Waals surface area contributed by atoms with Crippen LogP contribution in [-0.4, -0.2) is 34.7 Å². The smallest absolute Gasteiger partial charge is 0.359 e. The molecule has 6 nitrogen and oxygen atoms in total. The van der Waals surface area contributed by atoms with Gasteiger partial charge in [-0.3, -0.25) is 9.89 Å². The Balaban J connectivity index is 1.83. The lowest BCUT2D eigenvalue weighted by Gasteiger charge is -2.14. The molecule has 6 heteroatoms. The molecule has 0 unspecified atom stereocenters. The Bertz CT molecular complexity index is 679. The van der Waals surface area contributed by atoms with Gasteiger partial charge in [0.15, 0.2) is 12.3 Å². The van der Waals surface area contributed by atoms with E-state index in [1.54, 1.807) is 6.07 Å². The summed E-state index contributed by atoms with van der Waals surface area (Å²) in [7, 11) is 0. The number of para-hydroxylation sites is 1. The Kier molecular flexibility index (Phi) is 5.73.